The molecule has 0 atom stereocenters. The third-order valence-corrected chi connectivity index (χ3v) is 1.77. The second kappa shape index (κ2) is 4.99. The molecule has 7 heteroatoms. The Labute approximate surface area is 90.5 Å². The topological polar surface area (TPSA) is 123 Å². The third-order valence-electron chi connectivity index (χ3n) is 1.77. The number of hydrogen-bond donors (Lipinski definition) is 2. The number of nitrogens with zero attached hydrogens (tertiary/aromatic N) is 3. The van der Waals surface area contributed by atoms with Crippen LogP contribution >= 0.6 is 0 Å². The maximum absolute atomic E-state index is 10.4. The van der Waals surface area contributed by atoms with Gasteiger partial charge in [-0.1, -0.05) is 0 Å². The summed E-state index contributed by atoms with van der Waals surface area (Å²) in [5.74, 6) is -0.149. The van der Waals surface area contributed by atoms with Crippen molar-refractivity contribution in [3.63, 3.8) is 0 Å². The van der Waals surface area contributed by atoms with Crippen LogP contribution in [0.5, 0.6) is 0 Å². The molecule has 16 heavy (non-hydrogen) atoms. The van der Waals surface area contributed by atoms with Gasteiger partial charge in [-0.3, -0.25) is 14.9 Å². The van der Waals surface area contributed by atoms with Gasteiger partial charge in [0.2, 0.25) is 0 Å². The molecule has 0 aliphatic heterocycles. The lowest BCUT2D eigenvalue weighted by molar-refractivity contribution is -0.136. The summed E-state index contributed by atoms with van der Waals surface area (Å²) in [6, 6.07) is 3.57. The second-order valence-electron chi connectivity index (χ2n) is 2.92. The lowest BCUT2D eigenvalue weighted by Gasteiger charge is -1.90. The Balaban J connectivity index is 0.00000128. The average Bonchev–Trinajstić information content (AvgIpc) is 2.67. The molecule has 0 bridgehead atoms. The summed E-state index contributed by atoms with van der Waals surface area (Å²) in [5, 5.41) is 15.0. The number of aliphatic carboxylic acids is 1. The number of carbonyl (C=O) groups is 1. The van der Waals surface area contributed by atoms with Crippen LogP contribution in [0.3, 0.4) is 0 Å². The van der Waals surface area contributed by atoms with Crippen molar-refractivity contribution in [2.75, 3.05) is 0 Å². The Morgan fingerprint density at radius 3 is 2.94 bits per heavy atom. The molecule has 2 aromatic heterocycles. The molecule has 0 spiro atoms. The van der Waals surface area contributed by atoms with Crippen LogP contribution in [-0.2, 0) is 11.2 Å². The van der Waals surface area contributed by atoms with Gasteiger partial charge in [-0.15, -0.1) is 0 Å². The van der Waals surface area contributed by atoms with E-state index in [1.807, 2.05) is 0 Å². The second-order valence-corrected chi connectivity index (χ2v) is 2.92. The molecule has 84 valence electrons. The summed E-state index contributed by atoms with van der Waals surface area (Å²) < 4.78 is 0. The van der Waals surface area contributed by atoms with Gasteiger partial charge in [-0.05, 0) is 12.1 Å². The molecule has 0 amide bonds. The molecule has 0 aliphatic carbocycles. The van der Waals surface area contributed by atoms with Crippen molar-refractivity contribution in [2.24, 2.45) is 0 Å². The maximum atomic E-state index is 10.4. The average molecular weight is 222 g/mol. The predicted molar refractivity (Wildman–Crippen MR) is 54.6 cm³/mol. The molecule has 0 radical (unpaired) electrons. The number of nitrogens with one attached hydrogen (secondary N) is 1. The Hall–Kier alpha value is -2.28. The molecule has 2 rings (SSSR count). The van der Waals surface area contributed by atoms with Crippen LogP contribution in [0.1, 0.15) is 5.82 Å². The number of H-pyrrole nitrogens is 1. The summed E-state index contributed by atoms with van der Waals surface area (Å²) in [5.41, 5.74) is 0.755. The van der Waals surface area contributed by atoms with E-state index in [1.54, 1.807) is 24.5 Å². The minimum absolute atomic E-state index is 0. The van der Waals surface area contributed by atoms with Crippen LogP contribution in [0.25, 0.3) is 11.4 Å². The number of aromatic amines is 1. The van der Waals surface area contributed by atoms with Crippen LogP contribution in [-0.4, -0.2) is 36.7 Å². The summed E-state index contributed by atoms with van der Waals surface area (Å²) in [6.45, 7) is 0. The van der Waals surface area contributed by atoms with Crippen molar-refractivity contribution < 1.29 is 15.4 Å². The summed E-state index contributed by atoms with van der Waals surface area (Å²) in [6.07, 6.45) is 3.11. The Bertz CT molecular complexity index is 469. The van der Waals surface area contributed by atoms with Gasteiger partial charge in [0.25, 0.3) is 0 Å². The van der Waals surface area contributed by atoms with E-state index in [2.05, 4.69) is 20.2 Å². The zero-order valence-electron chi connectivity index (χ0n) is 8.21. The SMILES string of the molecule is O.O=C(O)Cc1nc(-c2cccnc2)n[nH]1. The summed E-state index contributed by atoms with van der Waals surface area (Å²) in [7, 11) is 0. The molecule has 0 aliphatic rings. The number of carboxylic acid groups (broad SMARTS) is 1. The van der Waals surface area contributed by atoms with Crippen molar-refractivity contribution in [2.45, 2.75) is 6.42 Å². The van der Waals surface area contributed by atoms with E-state index >= 15 is 0 Å². The molecule has 2 heterocycles. The fourth-order valence-electron chi connectivity index (χ4n) is 1.14. The van der Waals surface area contributed by atoms with Gasteiger partial charge in [-0.25, -0.2) is 4.98 Å². The maximum Gasteiger partial charge on any atom is 0.311 e. The smallest absolute Gasteiger partial charge is 0.311 e. The van der Waals surface area contributed by atoms with Crippen molar-refractivity contribution in [1.29, 1.82) is 0 Å². The molecule has 4 N–H and O–H groups in total. The lowest BCUT2D eigenvalue weighted by Crippen LogP contribution is -2.01. The highest BCUT2D eigenvalue weighted by Gasteiger charge is 2.08. The molecular weight excluding hydrogens is 212 g/mol. The minimum Gasteiger partial charge on any atom is -0.481 e. The molecule has 7 nitrogen and oxygen atoms in total. The highest BCUT2D eigenvalue weighted by atomic mass is 16.4. The first-order chi connectivity index (χ1) is 7.25. The minimum atomic E-state index is -0.941. The quantitative estimate of drug-likeness (QED) is 0.735. The molecule has 0 fully saturated rings. The molecule has 2 aromatic rings. The van der Waals surface area contributed by atoms with Gasteiger partial charge in [0, 0.05) is 18.0 Å². The highest BCUT2D eigenvalue weighted by molar-refractivity contribution is 5.69. The van der Waals surface area contributed by atoms with Crippen molar-refractivity contribution in [3.8, 4) is 11.4 Å². The standard InChI is InChI=1S/C9H8N4O2.H2O/c14-8(15)4-7-11-9(13-12-7)6-2-1-3-10-5-6;/h1-3,5H,4H2,(H,14,15)(H,11,12,13);1H2. The zero-order valence-corrected chi connectivity index (χ0v) is 8.21. The van der Waals surface area contributed by atoms with Crippen LogP contribution in [0, 0.1) is 0 Å². The first-order valence-corrected chi connectivity index (χ1v) is 4.29. The van der Waals surface area contributed by atoms with Gasteiger partial charge in [0.15, 0.2) is 5.82 Å². The molecule has 0 saturated carbocycles. The number of hydrogen-bond acceptors (Lipinski definition) is 4. The molecule has 0 saturated heterocycles. The Morgan fingerprint density at radius 1 is 1.50 bits per heavy atom. The Kier molecular flexibility index (Phi) is 3.67. The number of carboxylic acids is 1. The fourth-order valence-corrected chi connectivity index (χ4v) is 1.14. The van der Waals surface area contributed by atoms with Gasteiger partial charge in [-0.2, -0.15) is 5.10 Å². The molecule has 0 aromatic carbocycles. The summed E-state index contributed by atoms with van der Waals surface area (Å²) >= 11 is 0. The van der Waals surface area contributed by atoms with Crippen LogP contribution in [0.15, 0.2) is 24.5 Å². The van der Waals surface area contributed by atoms with E-state index in [-0.39, 0.29) is 11.9 Å². The van der Waals surface area contributed by atoms with Gasteiger partial charge < -0.3 is 10.6 Å². The van der Waals surface area contributed by atoms with Crippen molar-refractivity contribution in [1.82, 2.24) is 20.2 Å². The van der Waals surface area contributed by atoms with Crippen LogP contribution in [0.2, 0.25) is 0 Å². The lowest BCUT2D eigenvalue weighted by atomic mass is 10.3. The predicted octanol–water partition coefficient (Wildman–Crippen LogP) is -0.331. The van der Waals surface area contributed by atoms with E-state index in [4.69, 9.17) is 5.11 Å². The van der Waals surface area contributed by atoms with Crippen LogP contribution < -0.4 is 0 Å². The number of rotatable bonds is 3. The summed E-state index contributed by atoms with van der Waals surface area (Å²) in [4.78, 5) is 18.4. The number of aromatic nitrogens is 4. The van der Waals surface area contributed by atoms with E-state index < -0.39 is 5.97 Å². The largest absolute Gasteiger partial charge is 0.481 e. The molecule has 0 unspecified atom stereocenters. The van der Waals surface area contributed by atoms with Crippen LogP contribution in [0.4, 0.5) is 0 Å². The van der Waals surface area contributed by atoms with Crippen molar-refractivity contribution in [3.05, 3.63) is 30.4 Å². The van der Waals surface area contributed by atoms with E-state index in [9.17, 15) is 4.79 Å². The van der Waals surface area contributed by atoms with Crippen molar-refractivity contribution >= 4 is 5.97 Å². The third kappa shape index (κ3) is 2.61. The van der Waals surface area contributed by atoms with E-state index in [0.29, 0.717) is 11.6 Å². The normalized spacial score (nSPS) is 9.50. The fraction of sp³-hybridized carbons (Fsp3) is 0.111. The van der Waals surface area contributed by atoms with E-state index in [1.165, 1.54) is 0 Å². The number of pyridine rings is 1. The Morgan fingerprint density at radius 2 is 2.31 bits per heavy atom. The highest BCUT2D eigenvalue weighted by Crippen LogP contribution is 2.11. The van der Waals surface area contributed by atoms with Gasteiger partial charge >= 0.3 is 5.97 Å². The molecular formula is C9H10N4O3. The van der Waals surface area contributed by atoms with E-state index in [0.717, 1.165) is 5.56 Å². The van der Waals surface area contributed by atoms with Gasteiger partial charge in [0.1, 0.15) is 12.2 Å². The zero-order chi connectivity index (χ0) is 10.7. The monoisotopic (exact) mass is 222 g/mol. The van der Waals surface area contributed by atoms with Gasteiger partial charge in [0.05, 0.1) is 0 Å². The first kappa shape index (κ1) is 11.8. The first-order valence-electron chi connectivity index (χ1n) is 4.29.